The van der Waals surface area contributed by atoms with Gasteiger partial charge in [0.1, 0.15) is 5.75 Å². The Morgan fingerprint density at radius 3 is 2.39 bits per heavy atom. The molecule has 0 saturated carbocycles. The molecule has 0 aliphatic heterocycles. The number of aliphatic hydroxyl groups excluding tert-OH is 2. The molecule has 0 radical (unpaired) electrons. The van der Waals surface area contributed by atoms with E-state index >= 15 is 0 Å². The number of alkyl halides is 3. The molecule has 2 heterocycles. The van der Waals surface area contributed by atoms with Gasteiger partial charge in [-0.2, -0.15) is 13.2 Å². The Labute approximate surface area is 159 Å². The average molecular weight is 397 g/mol. The Hall–Kier alpha value is -2.36. The van der Waals surface area contributed by atoms with Crippen molar-refractivity contribution in [2.45, 2.75) is 12.7 Å². The van der Waals surface area contributed by atoms with Crippen LogP contribution in [0.3, 0.4) is 0 Å². The molecule has 3 aromatic rings. The summed E-state index contributed by atoms with van der Waals surface area (Å²) in [6.45, 7) is 1.05. The second-order valence-corrected chi connectivity index (χ2v) is 6.38. The van der Waals surface area contributed by atoms with Crippen molar-refractivity contribution in [3.63, 3.8) is 0 Å². The van der Waals surface area contributed by atoms with Gasteiger partial charge in [0.15, 0.2) is 5.69 Å². The maximum absolute atomic E-state index is 13.6. The molecule has 6 nitrogen and oxygen atoms in total. The highest BCUT2D eigenvalue weighted by molar-refractivity contribution is 6.09. The molecule has 0 saturated heterocycles. The molecule has 1 aromatic carbocycles. The quantitative estimate of drug-likeness (QED) is 0.611. The van der Waals surface area contributed by atoms with Gasteiger partial charge in [-0.1, -0.05) is 0 Å². The predicted molar refractivity (Wildman–Crippen MR) is 99.4 cm³/mol. The van der Waals surface area contributed by atoms with Gasteiger partial charge in [-0.25, -0.2) is 4.98 Å². The van der Waals surface area contributed by atoms with E-state index in [2.05, 4.69) is 4.98 Å². The summed E-state index contributed by atoms with van der Waals surface area (Å²) in [5.74, 6) is 0.542. The minimum absolute atomic E-state index is 0.0196. The molecule has 9 heteroatoms. The van der Waals surface area contributed by atoms with Crippen LogP contribution in [0.4, 0.5) is 13.2 Å². The normalized spacial score (nSPS) is 12.4. The lowest BCUT2D eigenvalue weighted by Gasteiger charge is -2.21. The zero-order chi connectivity index (χ0) is 20.3. The smallest absolute Gasteiger partial charge is 0.435 e. The lowest BCUT2D eigenvalue weighted by molar-refractivity contribution is -0.140. The Bertz CT molecular complexity index is 950. The summed E-state index contributed by atoms with van der Waals surface area (Å²) >= 11 is 0. The molecule has 0 aliphatic rings. The van der Waals surface area contributed by atoms with Gasteiger partial charge in [0, 0.05) is 49.2 Å². The predicted octanol–water partition coefficient (Wildman–Crippen LogP) is 2.50. The van der Waals surface area contributed by atoms with Crippen molar-refractivity contribution in [2.75, 3.05) is 40.0 Å². The summed E-state index contributed by atoms with van der Waals surface area (Å²) in [6.07, 6.45) is -3.42. The Kier molecular flexibility index (Phi) is 6.07. The minimum atomic E-state index is -4.59. The van der Waals surface area contributed by atoms with Crippen LogP contribution >= 0.6 is 0 Å². The van der Waals surface area contributed by atoms with Crippen LogP contribution in [0.1, 0.15) is 5.69 Å². The van der Waals surface area contributed by atoms with E-state index in [1.54, 1.807) is 33.7 Å². The molecule has 0 bridgehead atoms. The Morgan fingerprint density at radius 2 is 1.79 bits per heavy atom. The molecule has 152 valence electrons. The highest BCUT2D eigenvalue weighted by atomic mass is 19.4. The number of nitrogens with zero attached hydrogens (tertiary/aromatic N) is 3. The van der Waals surface area contributed by atoms with E-state index in [-0.39, 0.29) is 25.3 Å². The maximum atomic E-state index is 13.6. The first-order valence-corrected chi connectivity index (χ1v) is 8.87. The van der Waals surface area contributed by atoms with Crippen molar-refractivity contribution >= 4 is 21.8 Å². The number of hydrogen-bond acceptors (Lipinski definition) is 5. The standard InChI is InChI=1S/C19H22F3N3O3/c1-28-13-2-3-14-15-4-5-23-18(19(20,21)22)17(15)25(16(14)12-13)7-6-24(8-10-26)9-11-27/h2-5,12,26-27H,6-11H2,1H3. The van der Waals surface area contributed by atoms with Gasteiger partial charge in [0.2, 0.25) is 0 Å². The van der Waals surface area contributed by atoms with Crippen LogP contribution in [0.2, 0.25) is 0 Å². The summed E-state index contributed by atoms with van der Waals surface area (Å²) in [6, 6.07) is 6.74. The SMILES string of the molecule is COc1ccc2c3ccnc(C(F)(F)F)c3n(CCN(CCO)CCO)c2c1. The van der Waals surface area contributed by atoms with Crippen LogP contribution in [-0.4, -0.2) is 64.6 Å². The Morgan fingerprint density at radius 1 is 1.07 bits per heavy atom. The fourth-order valence-corrected chi connectivity index (χ4v) is 3.45. The second-order valence-electron chi connectivity index (χ2n) is 6.38. The molecular weight excluding hydrogens is 375 g/mol. The van der Waals surface area contributed by atoms with Crippen molar-refractivity contribution < 1.29 is 28.1 Å². The van der Waals surface area contributed by atoms with Gasteiger partial charge in [0.05, 0.1) is 31.4 Å². The average Bonchev–Trinajstić information content (AvgIpc) is 2.98. The third-order valence-corrected chi connectivity index (χ3v) is 4.72. The molecule has 0 fully saturated rings. The van der Waals surface area contributed by atoms with E-state index < -0.39 is 11.9 Å². The minimum Gasteiger partial charge on any atom is -0.497 e. The first-order valence-electron chi connectivity index (χ1n) is 8.87. The van der Waals surface area contributed by atoms with E-state index in [9.17, 15) is 23.4 Å². The molecule has 0 atom stereocenters. The monoisotopic (exact) mass is 397 g/mol. The van der Waals surface area contributed by atoms with Crippen molar-refractivity contribution in [3.05, 3.63) is 36.2 Å². The summed E-state index contributed by atoms with van der Waals surface area (Å²) in [4.78, 5) is 5.40. The first kappa shape index (κ1) is 20.4. The van der Waals surface area contributed by atoms with E-state index in [0.717, 1.165) is 0 Å². The number of hydrogen-bond donors (Lipinski definition) is 2. The number of benzene rings is 1. The van der Waals surface area contributed by atoms with E-state index in [1.165, 1.54) is 13.3 Å². The maximum Gasteiger partial charge on any atom is 0.435 e. The number of fused-ring (bicyclic) bond motifs is 3. The molecule has 0 aliphatic carbocycles. The van der Waals surface area contributed by atoms with E-state index in [0.29, 0.717) is 41.7 Å². The third-order valence-electron chi connectivity index (χ3n) is 4.72. The van der Waals surface area contributed by atoms with Crippen molar-refractivity contribution in [2.24, 2.45) is 0 Å². The van der Waals surface area contributed by atoms with Crippen molar-refractivity contribution in [3.8, 4) is 5.75 Å². The zero-order valence-electron chi connectivity index (χ0n) is 15.4. The lowest BCUT2D eigenvalue weighted by atomic mass is 10.1. The third kappa shape index (κ3) is 3.91. The number of methoxy groups -OCH3 is 1. The number of halogens is 3. The first-order chi connectivity index (χ1) is 13.4. The number of rotatable bonds is 8. The topological polar surface area (TPSA) is 70.8 Å². The van der Waals surface area contributed by atoms with Crippen LogP contribution < -0.4 is 4.74 Å². The molecule has 0 spiro atoms. The van der Waals surface area contributed by atoms with Crippen LogP contribution in [-0.2, 0) is 12.7 Å². The number of pyridine rings is 1. The highest BCUT2D eigenvalue weighted by Crippen LogP contribution is 2.38. The largest absolute Gasteiger partial charge is 0.497 e. The van der Waals surface area contributed by atoms with Gasteiger partial charge < -0.3 is 19.5 Å². The van der Waals surface area contributed by atoms with Crippen molar-refractivity contribution in [1.82, 2.24) is 14.5 Å². The number of ether oxygens (including phenoxy) is 1. The second kappa shape index (κ2) is 8.34. The molecule has 3 rings (SSSR count). The van der Waals surface area contributed by atoms with Gasteiger partial charge >= 0.3 is 6.18 Å². The van der Waals surface area contributed by atoms with E-state index in [4.69, 9.17) is 4.74 Å². The fourth-order valence-electron chi connectivity index (χ4n) is 3.45. The molecule has 0 amide bonds. The van der Waals surface area contributed by atoms with Gasteiger partial charge in [-0.05, 0) is 18.2 Å². The molecule has 2 N–H and O–H groups in total. The Balaban J connectivity index is 2.18. The van der Waals surface area contributed by atoms with E-state index in [1.807, 2.05) is 0 Å². The molecular formula is C19H22F3N3O3. The zero-order valence-corrected chi connectivity index (χ0v) is 15.4. The molecule has 0 unspecified atom stereocenters. The van der Waals surface area contributed by atoms with Crippen LogP contribution in [0.15, 0.2) is 30.5 Å². The van der Waals surface area contributed by atoms with Crippen LogP contribution in [0.5, 0.6) is 5.75 Å². The van der Waals surface area contributed by atoms with Gasteiger partial charge in [-0.3, -0.25) is 4.90 Å². The lowest BCUT2D eigenvalue weighted by Crippen LogP contribution is -2.33. The van der Waals surface area contributed by atoms with Crippen LogP contribution in [0.25, 0.3) is 21.8 Å². The van der Waals surface area contributed by atoms with Gasteiger partial charge in [-0.15, -0.1) is 0 Å². The van der Waals surface area contributed by atoms with Crippen molar-refractivity contribution in [1.29, 1.82) is 0 Å². The summed E-state index contributed by atoms with van der Waals surface area (Å²) in [5, 5.41) is 19.5. The molecule has 2 aromatic heterocycles. The number of aliphatic hydroxyl groups is 2. The number of aromatic nitrogens is 2. The summed E-state index contributed by atoms with van der Waals surface area (Å²) in [5.41, 5.74) is -0.303. The van der Waals surface area contributed by atoms with Crippen LogP contribution in [0, 0.1) is 0 Å². The van der Waals surface area contributed by atoms with Gasteiger partial charge in [0.25, 0.3) is 0 Å². The fraction of sp³-hybridized carbons (Fsp3) is 0.421. The molecule has 28 heavy (non-hydrogen) atoms. The summed E-state index contributed by atoms with van der Waals surface area (Å²) in [7, 11) is 1.50. The highest BCUT2D eigenvalue weighted by Gasteiger charge is 2.36. The summed E-state index contributed by atoms with van der Waals surface area (Å²) < 4.78 is 47.7.